The predicted molar refractivity (Wildman–Crippen MR) is 344 cm³/mol. The summed E-state index contributed by atoms with van der Waals surface area (Å²) < 4.78 is 4.10. The van der Waals surface area contributed by atoms with Crippen molar-refractivity contribution in [2.45, 2.75) is 71.3 Å². The number of benzene rings is 9. The molecule has 79 heavy (non-hydrogen) atoms. The van der Waals surface area contributed by atoms with Crippen LogP contribution in [0.5, 0.6) is 0 Å². The Hall–Kier alpha value is -7.82. The van der Waals surface area contributed by atoms with Gasteiger partial charge in [0.1, 0.15) is 0 Å². The lowest BCUT2D eigenvalue weighted by Gasteiger charge is -2.38. The number of hydrogen-bond acceptors (Lipinski definition) is 3. The normalized spacial score (nSPS) is 19.3. The molecule has 1 nitrogen and oxygen atoms in total. The largest absolute Gasteiger partial charge is 0.337 e. The summed E-state index contributed by atoms with van der Waals surface area (Å²) in [6.07, 6.45) is 24.0. The van der Waals surface area contributed by atoms with Gasteiger partial charge in [-0.05, 0) is 174 Å². The van der Waals surface area contributed by atoms with E-state index < -0.39 is 0 Å². The van der Waals surface area contributed by atoms with Gasteiger partial charge in [0.15, 0.2) is 0 Å². The molecule has 0 aliphatic heterocycles. The minimum absolute atomic E-state index is 0.304. The topological polar surface area (TPSA) is 3.24 Å². The zero-order chi connectivity index (χ0) is 52.9. The number of anilines is 2. The van der Waals surface area contributed by atoms with Crippen molar-refractivity contribution in [3.8, 4) is 22.3 Å². The molecule has 384 valence electrons. The fraction of sp³-hybridized carbons (Fsp3) is 0.184. The molecule has 0 bridgehead atoms. The van der Waals surface area contributed by atoms with Crippen molar-refractivity contribution in [2.75, 3.05) is 4.90 Å². The maximum Gasteiger partial charge on any atom is 0.0495 e. The monoisotopic (exact) mass is 1050 g/mol. The molecular formula is C76H63NS2. The molecular weight excluding hydrogens is 991 g/mol. The Morgan fingerprint density at radius 1 is 0.608 bits per heavy atom. The number of nitrogens with zero attached hydrogens (tertiary/aromatic N) is 1. The van der Waals surface area contributed by atoms with Gasteiger partial charge in [-0.25, -0.2) is 0 Å². The maximum atomic E-state index is 2.58. The second-order valence-corrected chi connectivity index (χ2v) is 25.6. The first-order chi connectivity index (χ1) is 38.8. The Bertz CT molecular complexity index is 4420. The highest BCUT2D eigenvalue weighted by atomic mass is 32.1. The Labute approximate surface area is 472 Å². The molecule has 0 N–H and O–H groups in total. The molecule has 0 radical (unpaired) electrons. The molecule has 9 aromatic carbocycles. The summed E-state index contributed by atoms with van der Waals surface area (Å²) in [5.41, 5.74) is 17.9. The fourth-order valence-electron chi connectivity index (χ4n) is 14.5. The number of para-hydroxylation sites is 1. The summed E-state index contributed by atoms with van der Waals surface area (Å²) in [5.74, 6) is 2.37. The summed E-state index contributed by atoms with van der Waals surface area (Å²) in [6, 6.07) is 67.0. The highest BCUT2D eigenvalue weighted by Crippen LogP contribution is 2.56. The summed E-state index contributed by atoms with van der Waals surface area (Å²) in [6.45, 7) is 10.5. The molecule has 0 spiro atoms. The Kier molecular flexibility index (Phi) is 11.8. The zero-order valence-electron chi connectivity index (χ0n) is 45.5. The molecule has 4 atom stereocenters. The van der Waals surface area contributed by atoms with Crippen LogP contribution in [0.15, 0.2) is 218 Å². The van der Waals surface area contributed by atoms with E-state index in [0.29, 0.717) is 23.7 Å². The highest BCUT2D eigenvalue weighted by molar-refractivity contribution is 7.26. The van der Waals surface area contributed by atoms with Crippen LogP contribution >= 0.6 is 22.7 Å². The first-order valence-corrected chi connectivity index (χ1v) is 30.3. The maximum absolute atomic E-state index is 2.58. The average molecular weight is 1050 g/mol. The quantitative estimate of drug-likeness (QED) is 0.0791. The van der Waals surface area contributed by atoms with Crippen molar-refractivity contribution in [3.63, 3.8) is 0 Å². The summed E-state index contributed by atoms with van der Waals surface area (Å²) in [7, 11) is 0. The SMILES string of the molecule is CC1C=CCC(C2c3sc4c(CN(c5ccccc5)c5ccc6c(c5)C(C)(C)c5cccc7c5c-6c(-c5ccccc5)c5ccc(/C(=C/c6cccc8c6sc6ccccc68)C6=CCCC=C6)cc57)cccc4c3C=CC2C)C1. The van der Waals surface area contributed by atoms with E-state index >= 15 is 0 Å². The molecule has 0 saturated heterocycles. The van der Waals surface area contributed by atoms with E-state index in [0.717, 1.165) is 19.4 Å². The van der Waals surface area contributed by atoms with Gasteiger partial charge in [0.2, 0.25) is 0 Å². The van der Waals surface area contributed by atoms with Gasteiger partial charge >= 0.3 is 0 Å². The molecule has 2 heterocycles. The predicted octanol–water partition coefficient (Wildman–Crippen LogP) is 22.1. The molecule has 4 aliphatic carbocycles. The van der Waals surface area contributed by atoms with Crippen LogP contribution in [0, 0.1) is 17.8 Å². The lowest BCUT2D eigenvalue weighted by molar-refractivity contribution is 0.310. The van der Waals surface area contributed by atoms with Crippen LogP contribution in [0.25, 0.3) is 91.8 Å². The zero-order valence-corrected chi connectivity index (χ0v) is 47.1. The number of hydrogen-bond donors (Lipinski definition) is 0. The first kappa shape index (κ1) is 48.3. The Balaban J connectivity index is 0.896. The second kappa shape index (κ2) is 19.2. The van der Waals surface area contributed by atoms with Gasteiger partial charge in [-0.3, -0.25) is 0 Å². The highest BCUT2D eigenvalue weighted by Gasteiger charge is 2.38. The molecule has 15 rings (SSSR count). The third kappa shape index (κ3) is 7.98. The number of rotatable bonds is 9. The van der Waals surface area contributed by atoms with Crippen molar-refractivity contribution in [2.24, 2.45) is 17.8 Å². The van der Waals surface area contributed by atoms with Gasteiger partial charge in [0.05, 0.1) is 0 Å². The second-order valence-electron chi connectivity index (χ2n) is 23.5. The summed E-state index contributed by atoms with van der Waals surface area (Å²) >= 11 is 3.98. The molecule has 0 saturated carbocycles. The van der Waals surface area contributed by atoms with Crippen molar-refractivity contribution >= 4 is 104 Å². The third-order valence-electron chi connectivity index (χ3n) is 18.3. The van der Waals surface area contributed by atoms with Crippen molar-refractivity contribution in [1.29, 1.82) is 0 Å². The number of thiophene rings is 2. The van der Waals surface area contributed by atoms with Gasteiger partial charge in [0.25, 0.3) is 0 Å². The minimum Gasteiger partial charge on any atom is -0.337 e. The first-order valence-electron chi connectivity index (χ1n) is 28.7. The molecule has 11 aromatic rings. The lowest BCUT2D eigenvalue weighted by atomic mass is 9.66. The van der Waals surface area contributed by atoms with E-state index in [-0.39, 0.29) is 5.41 Å². The van der Waals surface area contributed by atoms with Crippen LogP contribution in [0.3, 0.4) is 0 Å². The van der Waals surface area contributed by atoms with E-state index in [1.54, 1.807) is 4.88 Å². The van der Waals surface area contributed by atoms with Gasteiger partial charge in [-0.1, -0.05) is 210 Å². The molecule has 4 aliphatic rings. The van der Waals surface area contributed by atoms with Gasteiger partial charge in [0, 0.05) is 64.4 Å². The van der Waals surface area contributed by atoms with Crippen LogP contribution in [0.4, 0.5) is 11.4 Å². The van der Waals surface area contributed by atoms with E-state index in [4.69, 9.17) is 0 Å². The molecule has 4 unspecified atom stereocenters. The lowest BCUT2D eigenvalue weighted by Crippen LogP contribution is -2.25. The van der Waals surface area contributed by atoms with Crippen LogP contribution in [0.1, 0.15) is 97.6 Å². The molecule has 0 amide bonds. The van der Waals surface area contributed by atoms with Crippen LogP contribution < -0.4 is 4.90 Å². The fourth-order valence-corrected chi connectivity index (χ4v) is 17.3. The van der Waals surface area contributed by atoms with Crippen LogP contribution in [-0.2, 0) is 12.0 Å². The molecule has 0 fully saturated rings. The minimum atomic E-state index is -0.304. The van der Waals surface area contributed by atoms with Gasteiger partial charge in [-0.2, -0.15) is 0 Å². The standard InChI is InChI=1S/C76H63NS2/c1-47-20-16-25-52(42-47)69-48(2)36-39-62-61-33-18-27-54(74(61)79-75(62)69)46-77(55-28-12-7-13-29-55)56-38-41-63-67(45-56)76(3,4)66-34-19-31-58-65-43-51(37-40-59(65)70(72(63)71(58)66)50-23-10-6-11-24-50)64(49-21-8-5-9-22-49)44-53-26-17-32-60-57-30-14-15-35-68(57)78-73(53)60/h6-8,10-24,26-41,43-45,47-48,52,69H,5,9,25,42,46H2,1-4H3/b64-44+. The average Bonchev–Trinajstić information content (AvgIpc) is 3.43. The van der Waals surface area contributed by atoms with E-state index in [9.17, 15) is 0 Å². The van der Waals surface area contributed by atoms with Crippen LogP contribution in [-0.4, -0.2) is 0 Å². The Morgan fingerprint density at radius 2 is 1.39 bits per heavy atom. The number of allylic oxidation sites excluding steroid dienone is 8. The summed E-state index contributed by atoms with van der Waals surface area (Å²) in [4.78, 5) is 4.17. The Morgan fingerprint density at radius 3 is 2.24 bits per heavy atom. The van der Waals surface area contributed by atoms with Gasteiger partial charge < -0.3 is 4.90 Å². The van der Waals surface area contributed by atoms with E-state index in [1.165, 1.54) is 143 Å². The van der Waals surface area contributed by atoms with Crippen molar-refractivity contribution < 1.29 is 0 Å². The third-order valence-corrected chi connectivity index (χ3v) is 20.9. The molecule has 2 aromatic heterocycles. The van der Waals surface area contributed by atoms with E-state index in [1.807, 2.05) is 11.3 Å². The van der Waals surface area contributed by atoms with Crippen molar-refractivity contribution in [1.82, 2.24) is 0 Å². The molecule has 3 heteroatoms. The van der Waals surface area contributed by atoms with Gasteiger partial charge in [-0.15, -0.1) is 22.7 Å². The van der Waals surface area contributed by atoms with E-state index in [2.05, 4.69) is 268 Å². The summed E-state index contributed by atoms with van der Waals surface area (Å²) in [5, 5.41) is 9.31. The van der Waals surface area contributed by atoms with Crippen LogP contribution in [0.2, 0.25) is 0 Å². The smallest absolute Gasteiger partial charge is 0.0495 e. The number of fused-ring (bicyclic) bond motifs is 10. The van der Waals surface area contributed by atoms with Crippen molar-refractivity contribution in [3.05, 3.63) is 256 Å².